The van der Waals surface area contributed by atoms with E-state index in [1.54, 1.807) is 30.7 Å². The average molecular weight is 398 g/mol. The molecule has 29 heavy (non-hydrogen) atoms. The van der Waals surface area contributed by atoms with Crippen LogP contribution in [0.15, 0.2) is 36.8 Å². The highest BCUT2D eigenvalue weighted by Crippen LogP contribution is 2.27. The summed E-state index contributed by atoms with van der Waals surface area (Å²) in [6.45, 7) is 5.77. The molecule has 3 rings (SSSR count). The van der Waals surface area contributed by atoms with E-state index in [0.29, 0.717) is 22.9 Å². The number of rotatable bonds is 7. The number of aromatic nitrogens is 4. The second-order valence-electron chi connectivity index (χ2n) is 6.85. The number of anilines is 2. The van der Waals surface area contributed by atoms with Crippen molar-refractivity contribution >= 4 is 17.5 Å². The largest absolute Gasteiger partial charge is 0.494 e. The predicted octanol–water partition coefficient (Wildman–Crippen LogP) is 3.06. The van der Waals surface area contributed by atoms with E-state index in [0.717, 1.165) is 5.56 Å². The Morgan fingerprint density at radius 3 is 2.79 bits per heavy atom. The molecule has 0 aliphatic carbocycles. The van der Waals surface area contributed by atoms with E-state index in [-0.39, 0.29) is 24.2 Å². The number of nitrogens with one attached hydrogen (secondary N) is 2. The van der Waals surface area contributed by atoms with Crippen molar-refractivity contribution in [2.75, 3.05) is 12.4 Å². The first-order chi connectivity index (χ1) is 13.9. The highest BCUT2D eigenvalue weighted by Gasteiger charge is 2.12. The summed E-state index contributed by atoms with van der Waals surface area (Å²) in [4.78, 5) is 20.6. The van der Waals surface area contributed by atoms with Crippen LogP contribution in [0.25, 0.3) is 11.3 Å². The van der Waals surface area contributed by atoms with Crippen LogP contribution in [-0.2, 0) is 11.3 Å². The van der Waals surface area contributed by atoms with E-state index in [1.807, 2.05) is 20.8 Å². The van der Waals surface area contributed by atoms with Crippen LogP contribution in [0.2, 0.25) is 0 Å². The van der Waals surface area contributed by atoms with Gasteiger partial charge in [0.05, 0.1) is 24.7 Å². The molecule has 0 fully saturated rings. The zero-order valence-electron chi connectivity index (χ0n) is 16.7. The zero-order valence-corrected chi connectivity index (χ0v) is 16.7. The number of halogens is 1. The smallest absolute Gasteiger partial charge is 0.241 e. The van der Waals surface area contributed by atoms with Gasteiger partial charge in [-0.1, -0.05) is 0 Å². The quantitative estimate of drug-likeness (QED) is 0.635. The normalized spacial score (nSPS) is 10.8. The number of amides is 1. The minimum Gasteiger partial charge on any atom is -0.494 e. The Bertz CT molecular complexity index is 1020. The summed E-state index contributed by atoms with van der Waals surface area (Å²) in [5, 5.41) is 10.0. The van der Waals surface area contributed by atoms with Crippen LogP contribution in [0.5, 0.6) is 5.75 Å². The van der Waals surface area contributed by atoms with Crippen molar-refractivity contribution in [3.8, 4) is 17.0 Å². The van der Waals surface area contributed by atoms with E-state index in [2.05, 4.69) is 25.7 Å². The molecule has 0 bridgehead atoms. The molecule has 2 heterocycles. The first-order valence-electron chi connectivity index (χ1n) is 9.12. The van der Waals surface area contributed by atoms with E-state index >= 15 is 0 Å². The summed E-state index contributed by atoms with van der Waals surface area (Å²) in [6.07, 6.45) is 4.93. The Morgan fingerprint density at radius 1 is 1.31 bits per heavy atom. The first-order valence-corrected chi connectivity index (χ1v) is 9.12. The second-order valence-corrected chi connectivity index (χ2v) is 6.85. The van der Waals surface area contributed by atoms with Gasteiger partial charge in [-0.2, -0.15) is 5.10 Å². The van der Waals surface area contributed by atoms with Gasteiger partial charge in [0.1, 0.15) is 6.54 Å². The third-order valence-electron chi connectivity index (χ3n) is 4.04. The molecule has 1 amide bonds. The number of hydrogen-bond acceptors (Lipinski definition) is 6. The molecule has 2 N–H and O–H groups in total. The maximum Gasteiger partial charge on any atom is 0.241 e. The molecule has 3 aromatic rings. The van der Waals surface area contributed by atoms with Crippen LogP contribution >= 0.6 is 0 Å². The number of hydrogen-bond donors (Lipinski definition) is 2. The maximum absolute atomic E-state index is 14.1. The third-order valence-corrected chi connectivity index (χ3v) is 4.04. The molecule has 2 aromatic heterocycles. The van der Waals surface area contributed by atoms with Crippen LogP contribution in [-0.4, -0.2) is 38.8 Å². The minimum absolute atomic E-state index is 0.0674. The number of aryl methyl sites for hydroxylation is 1. The summed E-state index contributed by atoms with van der Waals surface area (Å²) in [6, 6.07) is 4.75. The van der Waals surface area contributed by atoms with Crippen molar-refractivity contribution in [2.24, 2.45) is 0 Å². The molecule has 0 saturated heterocycles. The topological polar surface area (TPSA) is 94.0 Å². The summed E-state index contributed by atoms with van der Waals surface area (Å²) in [5.74, 6) is -0.0655. The van der Waals surface area contributed by atoms with Gasteiger partial charge in [-0.3, -0.25) is 9.48 Å². The predicted molar refractivity (Wildman–Crippen MR) is 108 cm³/mol. The Labute approximate surface area is 168 Å². The van der Waals surface area contributed by atoms with Crippen LogP contribution in [0, 0.1) is 12.7 Å². The number of carbonyl (C=O) groups is 1. The lowest BCUT2D eigenvalue weighted by atomic mass is 10.1. The van der Waals surface area contributed by atoms with E-state index in [9.17, 15) is 9.18 Å². The summed E-state index contributed by atoms with van der Waals surface area (Å²) < 4.78 is 20.6. The summed E-state index contributed by atoms with van der Waals surface area (Å²) in [7, 11) is 1.42. The molecule has 0 unspecified atom stereocenters. The van der Waals surface area contributed by atoms with Gasteiger partial charge in [0.2, 0.25) is 11.9 Å². The average Bonchev–Trinajstić information content (AvgIpc) is 3.09. The molecule has 8 nitrogen and oxygen atoms in total. The SMILES string of the molecule is COc1ccc(-c2nc(Nc3cnn(CC(=O)NC(C)C)c3)ncc2C)cc1F. The van der Waals surface area contributed by atoms with Crippen molar-refractivity contribution in [2.45, 2.75) is 33.4 Å². The zero-order chi connectivity index (χ0) is 21.0. The lowest BCUT2D eigenvalue weighted by molar-refractivity contribution is -0.122. The second kappa shape index (κ2) is 8.68. The fraction of sp³-hybridized carbons (Fsp3) is 0.300. The number of methoxy groups -OCH3 is 1. The van der Waals surface area contributed by atoms with Gasteiger partial charge in [-0.15, -0.1) is 0 Å². The van der Waals surface area contributed by atoms with Crippen molar-refractivity contribution in [3.05, 3.63) is 48.2 Å². The lowest BCUT2D eigenvalue weighted by Crippen LogP contribution is -2.33. The standard InChI is InChI=1S/C20H23FN6O2/c1-12(2)24-18(28)11-27-10-15(9-23-27)25-20-22-8-13(3)19(26-20)14-5-6-17(29-4)16(21)7-14/h5-10,12H,11H2,1-4H3,(H,24,28)(H,22,25,26). The lowest BCUT2D eigenvalue weighted by Gasteiger charge is -2.09. The molecule has 0 radical (unpaired) electrons. The van der Waals surface area contributed by atoms with Gasteiger partial charge >= 0.3 is 0 Å². The molecule has 0 aliphatic rings. The molecular weight excluding hydrogens is 375 g/mol. The van der Waals surface area contributed by atoms with Crippen LogP contribution in [0.1, 0.15) is 19.4 Å². The van der Waals surface area contributed by atoms with Crippen LogP contribution in [0.3, 0.4) is 0 Å². The van der Waals surface area contributed by atoms with E-state index in [4.69, 9.17) is 4.74 Å². The summed E-state index contributed by atoms with van der Waals surface area (Å²) in [5.41, 5.74) is 2.67. The van der Waals surface area contributed by atoms with Gasteiger partial charge in [0, 0.05) is 24.0 Å². The monoisotopic (exact) mass is 398 g/mol. The van der Waals surface area contributed by atoms with Gasteiger partial charge < -0.3 is 15.4 Å². The van der Waals surface area contributed by atoms with E-state index < -0.39 is 5.82 Å². The Kier molecular flexibility index (Phi) is 6.06. The first kappa shape index (κ1) is 20.2. The van der Waals surface area contributed by atoms with Crippen molar-refractivity contribution < 1.29 is 13.9 Å². The van der Waals surface area contributed by atoms with Crippen molar-refractivity contribution in [3.63, 3.8) is 0 Å². The highest BCUT2D eigenvalue weighted by molar-refractivity contribution is 5.76. The van der Waals surface area contributed by atoms with E-state index in [1.165, 1.54) is 17.9 Å². The Morgan fingerprint density at radius 2 is 2.10 bits per heavy atom. The minimum atomic E-state index is -0.460. The summed E-state index contributed by atoms with van der Waals surface area (Å²) >= 11 is 0. The molecule has 1 aromatic carbocycles. The highest BCUT2D eigenvalue weighted by atomic mass is 19.1. The molecule has 152 valence electrons. The number of nitrogens with zero attached hydrogens (tertiary/aromatic N) is 4. The van der Waals surface area contributed by atoms with Crippen LogP contribution < -0.4 is 15.4 Å². The van der Waals surface area contributed by atoms with Gasteiger partial charge in [-0.05, 0) is 44.5 Å². The number of carbonyl (C=O) groups excluding carboxylic acids is 1. The fourth-order valence-electron chi connectivity index (χ4n) is 2.77. The fourth-order valence-corrected chi connectivity index (χ4v) is 2.77. The van der Waals surface area contributed by atoms with Gasteiger partial charge in [0.25, 0.3) is 0 Å². The van der Waals surface area contributed by atoms with Crippen LogP contribution in [0.4, 0.5) is 16.0 Å². The number of benzene rings is 1. The Balaban J connectivity index is 1.77. The molecule has 0 aliphatic heterocycles. The maximum atomic E-state index is 14.1. The van der Waals surface area contributed by atoms with Crippen molar-refractivity contribution in [1.82, 2.24) is 25.1 Å². The van der Waals surface area contributed by atoms with Gasteiger partial charge in [-0.25, -0.2) is 14.4 Å². The molecule has 0 atom stereocenters. The molecular formula is C20H23FN6O2. The Hall–Kier alpha value is -3.49. The number of ether oxygens (including phenoxy) is 1. The van der Waals surface area contributed by atoms with Gasteiger partial charge in [0.15, 0.2) is 11.6 Å². The molecule has 9 heteroatoms. The third kappa shape index (κ3) is 5.07. The molecule has 0 saturated carbocycles. The molecule has 0 spiro atoms. The van der Waals surface area contributed by atoms with Crippen molar-refractivity contribution in [1.29, 1.82) is 0 Å².